The first kappa shape index (κ1) is 26.6. The number of ether oxygens (including phenoxy) is 3. The first-order valence-corrected chi connectivity index (χ1v) is 12.3. The van der Waals surface area contributed by atoms with Crippen LogP contribution in [-0.2, 0) is 11.2 Å². The van der Waals surface area contributed by atoms with Crippen molar-refractivity contribution in [1.82, 2.24) is 8.75 Å². The summed E-state index contributed by atoms with van der Waals surface area (Å²) in [5.74, 6) is -0.803. The molecule has 0 bridgehead atoms. The number of aliphatic carboxylic acids is 1. The Bertz CT molecular complexity index is 1520. The summed E-state index contributed by atoms with van der Waals surface area (Å²) in [4.78, 5) is 28.8. The number of allylic oxidation sites excluding steroid dienone is 1. The summed E-state index contributed by atoms with van der Waals surface area (Å²) >= 11 is 1.04. The molecule has 9 nitrogen and oxygen atoms in total. The van der Waals surface area contributed by atoms with Crippen molar-refractivity contribution in [3.05, 3.63) is 76.9 Å². The highest BCUT2D eigenvalue weighted by atomic mass is 32.1. The maximum atomic E-state index is 14.1. The van der Waals surface area contributed by atoms with Crippen molar-refractivity contribution in [3.63, 3.8) is 0 Å². The highest BCUT2D eigenvalue weighted by Crippen LogP contribution is 2.39. The van der Waals surface area contributed by atoms with Gasteiger partial charge in [0.2, 0.25) is 5.75 Å². The molecule has 0 saturated heterocycles. The number of rotatable bonds is 10. The second-order valence-corrected chi connectivity index (χ2v) is 9.14. The average Bonchev–Trinajstić information content (AvgIpc) is 3.39. The molecule has 0 spiro atoms. The molecule has 0 aliphatic rings. The van der Waals surface area contributed by atoms with Crippen LogP contribution in [-0.4, -0.2) is 61.0 Å². The lowest BCUT2D eigenvalue weighted by Gasteiger charge is -2.17. The highest BCUT2D eigenvalue weighted by Gasteiger charge is 2.26. The van der Waals surface area contributed by atoms with Gasteiger partial charge < -0.3 is 24.2 Å². The molecule has 0 unspecified atom stereocenters. The minimum Gasteiger partial charge on any atom is -0.493 e. The average molecular weight is 534 g/mol. The summed E-state index contributed by atoms with van der Waals surface area (Å²) in [7, 11) is 8.20. The fourth-order valence-corrected chi connectivity index (χ4v) is 4.70. The van der Waals surface area contributed by atoms with E-state index in [-0.39, 0.29) is 34.6 Å². The largest absolute Gasteiger partial charge is 0.493 e. The van der Waals surface area contributed by atoms with Crippen molar-refractivity contribution in [1.29, 1.82) is 0 Å². The number of hydrogen-bond donors (Lipinski definition) is 1. The van der Waals surface area contributed by atoms with Crippen LogP contribution in [0, 0.1) is 0 Å². The molecule has 196 valence electrons. The number of carboxylic acids is 1. The molecule has 38 heavy (non-hydrogen) atoms. The number of anilines is 1. The number of carbonyl (C=O) groups is 2. The number of aromatic nitrogens is 2. The van der Waals surface area contributed by atoms with Gasteiger partial charge in [-0.1, -0.05) is 18.2 Å². The Kier molecular flexibility index (Phi) is 7.92. The van der Waals surface area contributed by atoms with Crippen LogP contribution in [0.15, 0.2) is 60.2 Å². The van der Waals surface area contributed by atoms with Crippen molar-refractivity contribution < 1.29 is 28.9 Å². The van der Waals surface area contributed by atoms with Gasteiger partial charge >= 0.3 is 5.97 Å². The molecule has 0 amide bonds. The normalized spacial score (nSPS) is 11.6. The van der Waals surface area contributed by atoms with E-state index in [2.05, 4.69) is 8.75 Å². The van der Waals surface area contributed by atoms with Gasteiger partial charge in [0.1, 0.15) is 11.0 Å². The van der Waals surface area contributed by atoms with E-state index in [1.54, 1.807) is 18.2 Å². The van der Waals surface area contributed by atoms with Gasteiger partial charge in [0.25, 0.3) is 0 Å². The quantitative estimate of drug-likeness (QED) is 0.228. The van der Waals surface area contributed by atoms with Gasteiger partial charge in [-0.3, -0.25) is 4.79 Å². The first-order valence-electron chi connectivity index (χ1n) is 11.6. The number of Topliss-reactive ketones (excluding diaryl/α,β-unsaturated/α-hetero) is 1. The van der Waals surface area contributed by atoms with E-state index >= 15 is 0 Å². The lowest BCUT2D eigenvalue weighted by Crippen LogP contribution is -2.15. The number of nitrogens with zero attached hydrogens (tertiary/aromatic N) is 3. The molecule has 1 N–H and O–H groups in total. The molecule has 1 heterocycles. The Morgan fingerprint density at radius 1 is 0.868 bits per heavy atom. The van der Waals surface area contributed by atoms with Gasteiger partial charge in [-0.25, -0.2) is 4.79 Å². The van der Waals surface area contributed by atoms with Crippen LogP contribution in [0.25, 0.3) is 16.6 Å². The Hall–Kier alpha value is -4.44. The third kappa shape index (κ3) is 5.30. The maximum absolute atomic E-state index is 14.1. The number of ketones is 1. The maximum Gasteiger partial charge on any atom is 0.336 e. The summed E-state index contributed by atoms with van der Waals surface area (Å²) in [6, 6.07) is 15.6. The number of carboxylic acid groups (broad SMARTS) is 1. The van der Waals surface area contributed by atoms with Gasteiger partial charge in [-0.05, 0) is 47.5 Å². The fraction of sp³-hybridized carbons (Fsp3) is 0.214. The molecule has 1 aromatic heterocycles. The molecular formula is C28H27N3O6S. The minimum atomic E-state index is -1.23. The van der Waals surface area contributed by atoms with Gasteiger partial charge in [-0.15, -0.1) is 0 Å². The van der Waals surface area contributed by atoms with E-state index in [1.165, 1.54) is 33.5 Å². The predicted octanol–water partition coefficient (Wildman–Crippen LogP) is 4.75. The molecule has 10 heteroatoms. The Morgan fingerprint density at radius 2 is 1.55 bits per heavy atom. The van der Waals surface area contributed by atoms with Crippen LogP contribution in [0.5, 0.6) is 17.2 Å². The van der Waals surface area contributed by atoms with Gasteiger partial charge in [0.05, 0.1) is 38.6 Å². The lowest BCUT2D eigenvalue weighted by atomic mass is 9.89. The van der Waals surface area contributed by atoms with E-state index in [0.29, 0.717) is 22.3 Å². The summed E-state index contributed by atoms with van der Waals surface area (Å²) in [6.45, 7) is 0. The van der Waals surface area contributed by atoms with Crippen molar-refractivity contribution in [2.24, 2.45) is 0 Å². The zero-order valence-corrected chi connectivity index (χ0v) is 22.5. The van der Waals surface area contributed by atoms with Crippen molar-refractivity contribution in [2.75, 3.05) is 40.3 Å². The van der Waals surface area contributed by atoms with Gasteiger partial charge in [0.15, 0.2) is 17.3 Å². The molecular weight excluding hydrogens is 506 g/mol. The molecule has 0 atom stereocenters. The third-order valence-electron chi connectivity index (χ3n) is 6.07. The lowest BCUT2D eigenvalue weighted by molar-refractivity contribution is -0.130. The number of fused-ring (bicyclic) bond motifs is 1. The monoisotopic (exact) mass is 533 g/mol. The number of carbonyl (C=O) groups excluding carboxylic acids is 1. The van der Waals surface area contributed by atoms with Crippen LogP contribution in [0.3, 0.4) is 0 Å². The Morgan fingerprint density at radius 3 is 2.16 bits per heavy atom. The summed E-state index contributed by atoms with van der Waals surface area (Å²) in [5, 5.41) is 10.4. The SMILES string of the molecule is COc1cc(C(=O)C(Cc2cccc(N(C)C)c2)=C(C(=O)O)c2ccc3nsnc3c2)cc(OC)c1OC. The standard InChI is InChI=1S/C28H27N3O6S/c1-31(2)19-8-6-7-16(11-19)12-20(25(28(33)34)17-9-10-21-22(13-17)30-38-29-21)26(32)18-14-23(35-3)27(37-5)24(15-18)36-4/h6-11,13-15H,12H2,1-5H3,(H,33,34). The van der Waals surface area contributed by atoms with Gasteiger partial charge in [-0.2, -0.15) is 8.75 Å². The molecule has 0 fully saturated rings. The minimum absolute atomic E-state index is 0.0756. The molecule has 0 saturated carbocycles. The number of hydrogen-bond acceptors (Lipinski definition) is 9. The zero-order valence-electron chi connectivity index (χ0n) is 21.6. The molecule has 0 aliphatic carbocycles. The molecule has 0 aliphatic heterocycles. The summed E-state index contributed by atoms with van der Waals surface area (Å²) in [6.07, 6.45) is 0.0756. The number of methoxy groups -OCH3 is 3. The van der Waals surface area contributed by atoms with E-state index in [4.69, 9.17) is 14.2 Å². The third-order valence-corrected chi connectivity index (χ3v) is 6.62. The zero-order chi connectivity index (χ0) is 27.4. The number of benzene rings is 3. The van der Waals surface area contributed by atoms with Crippen LogP contribution in [0.2, 0.25) is 0 Å². The molecule has 4 rings (SSSR count). The van der Waals surface area contributed by atoms with E-state index in [1.807, 2.05) is 43.3 Å². The predicted molar refractivity (Wildman–Crippen MR) is 147 cm³/mol. The molecule has 3 aromatic carbocycles. The van der Waals surface area contributed by atoms with Crippen LogP contribution < -0.4 is 19.1 Å². The van der Waals surface area contributed by atoms with Gasteiger partial charge in [0, 0.05) is 37.3 Å². The van der Waals surface area contributed by atoms with Crippen molar-refractivity contribution in [2.45, 2.75) is 6.42 Å². The second kappa shape index (κ2) is 11.3. The van der Waals surface area contributed by atoms with Crippen LogP contribution in [0.4, 0.5) is 5.69 Å². The van der Waals surface area contributed by atoms with Crippen molar-refractivity contribution >= 4 is 45.8 Å². The second-order valence-electron chi connectivity index (χ2n) is 8.61. The summed E-state index contributed by atoms with van der Waals surface area (Å²) < 4.78 is 24.7. The molecule has 0 radical (unpaired) electrons. The van der Waals surface area contributed by atoms with Crippen LogP contribution >= 0.6 is 11.7 Å². The topological polar surface area (TPSA) is 111 Å². The molecule has 4 aromatic rings. The van der Waals surface area contributed by atoms with Crippen molar-refractivity contribution in [3.8, 4) is 17.2 Å². The fourth-order valence-electron chi connectivity index (χ4n) is 4.18. The van der Waals surface area contributed by atoms with Crippen LogP contribution in [0.1, 0.15) is 21.5 Å². The smallest absolute Gasteiger partial charge is 0.336 e. The van der Waals surface area contributed by atoms with E-state index in [9.17, 15) is 14.7 Å². The first-order chi connectivity index (χ1) is 18.3. The van der Waals surface area contributed by atoms with E-state index < -0.39 is 11.8 Å². The Labute approximate surface area is 224 Å². The highest BCUT2D eigenvalue weighted by molar-refractivity contribution is 7.00. The Balaban J connectivity index is 1.95. The summed E-state index contributed by atoms with van der Waals surface area (Å²) in [5.41, 5.74) is 3.46. The van der Waals surface area contributed by atoms with E-state index in [0.717, 1.165) is 23.0 Å².